The van der Waals surface area contributed by atoms with Crippen LogP contribution in [0.3, 0.4) is 0 Å². The largest absolute Gasteiger partial charge is 0.489 e. The number of aliphatic hydroxyl groups is 2. The minimum atomic E-state index is -0.752. The van der Waals surface area contributed by atoms with E-state index >= 15 is 0 Å². The van der Waals surface area contributed by atoms with Crippen molar-refractivity contribution in [1.82, 2.24) is 0 Å². The second-order valence-corrected chi connectivity index (χ2v) is 8.58. The van der Waals surface area contributed by atoms with E-state index in [0.29, 0.717) is 21.5 Å². The molecule has 2 atom stereocenters. The lowest BCUT2D eigenvalue weighted by atomic mass is 9.78. The lowest BCUT2D eigenvalue weighted by molar-refractivity contribution is 0.0326. The van der Waals surface area contributed by atoms with Crippen molar-refractivity contribution in [2.45, 2.75) is 31.5 Å². The summed E-state index contributed by atoms with van der Waals surface area (Å²) in [4.78, 5) is 0. The second-order valence-electron chi connectivity index (χ2n) is 7.45. The van der Waals surface area contributed by atoms with Gasteiger partial charge in [-0.25, -0.2) is 0 Å². The number of benzene rings is 2. The normalized spacial score (nSPS) is 13.7. The third-order valence-corrected chi connectivity index (χ3v) is 5.65. The molecule has 5 nitrogen and oxygen atoms in total. The van der Waals surface area contributed by atoms with Gasteiger partial charge in [0.25, 0.3) is 0 Å². The van der Waals surface area contributed by atoms with Gasteiger partial charge in [-0.2, -0.15) is 0 Å². The molecule has 0 aliphatic heterocycles. The summed E-state index contributed by atoms with van der Waals surface area (Å²) in [7, 11) is 1.52. The van der Waals surface area contributed by atoms with E-state index < -0.39 is 17.6 Å². The van der Waals surface area contributed by atoms with Crippen LogP contribution in [-0.2, 0) is 10.2 Å². The molecule has 0 heterocycles. The molecule has 1 unspecified atom stereocenters. The van der Waals surface area contributed by atoms with Crippen molar-refractivity contribution < 1.29 is 24.4 Å². The van der Waals surface area contributed by atoms with Crippen molar-refractivity contribution in [1.29, 1.82) is 0 Å². The quantitative estimate of drug-likeness (QED) is 0.460. The molecule has 0 saturated heterocycles. The van der Waals surface area contributed by atoms with E-state index in [1.54, 1.807) is 12.1 Å². The smallest absolute Gasteiger partial charge is 0.138 e. The number of methoxy groups -OCH3 is 1. The van der Waals surface area contributed by atoms with Crippen molar-refractivity contribution >= 4 is 34.8 Å². The van der Waals surface area contributed by atoms with E-state index in [-0.39, 0.29) is 25.7 Å². The Morgan fingerprint density at radius 2 is 1.30 bits per heavy atom. The molecule has 2 aromatic carbocycles. The van der Waals surface area contributed by atoms with Crippen LogP contribution < -0.4 is 9.47 Å². The highest BCUT2D eigenvalue weighted by molar-refractivity contribution is 6.32. The monoisotopic (exact) mass is 476 g/mol. The van der Waals surface area contributed by atoms with Crippen molar-refractivity contribution in [3.8, 4) is 11.5 Å². The number of halogens is 3. The summed E-state index contributed by atoms with van der Waals surface area (Å²) in [6.07, 6.45) is -1.48. The van der Waals surface area contributed by atoms with Gasteiger partial charge in [-0.3, -0.25) is 0 Å². The average molecular weight is 478 g/mol. The predicted molar refractivity (Wildman–Crippen MR) is 121 cm³/mol. The van der Waals surface area contributed by atoms with Crippen LogP contribution in [-0.4, -0.2) is 55.2 Å². The maximum absolute atomic E-state index is 9.73. The minimum Gasteiger partial charge on any atom is -0.489 e. The van der Waals surface area contributed by atoms with E-state index in [1.807, 2.05) is 24.3 Å². The molecule has 0 fully saturated rings. The average Bonchev–Trinajstić information content (AvgIpc) is 2.71. The Hall–Kier alpha value is -1.21. The molecule has 2 rings (SSSR count). The molecule has 0 aromatic heterocycles. The molecule has 0 aliphatic carbocycles. The first-order valence-corrected chi connectivity index (χ1v) is 10.7. The third kappa shape index (κ3) is 6.64. The van der Waals surface area contributed by atoms with E-state index in [1.165, 1.54) is 7.11 Å². The number of alkyl halides is 1. The number of hydrogen-bond acceptors (Lipinski definition) is 5. The Morgan fingerprint density at radius 1 is 0.833 bits per heavy atom. The summed E-state index contributed by atoms with van der Waals surface area (Å²) >= 11 is 18.4. The maximum Gasteiger partial charge on any atom is 0.138 e. The van der Waals surface area contributed by atoms with Crippen LogP contribution in [0.25, 0.3) is 0 Å². The summed E-state index contributed by atoms with van der Waals surface area (Å²) in [5.41, 5.74) is 1.55. The van der Waals surface area contributed by atoms with Crippen LogP contribution in [0.15, 0.2) is 36.4 Å². The maximum atomic E-state index is 9.73. The van der Waals surface area contributed by atoms with Crippen LogP contribution in [0.2, 0.25) is 10.0 Å². The highest BCUT2D eigenvalue weighted by Gasteiger charge is 2.25. The second kappa shape index (κ2) is 11.4. The van der Waals surface area contributed by atoms with Gasteiger partial charge in [-0.1, -0.05) is 49.2 Å². The zero-order valence-electron chi connectivity index (χ0n) is 17.2. The summed E-state index contributed by atoms with van der Waals surface area (Å²) in [5, 5.41) is 20.2. The topological polar surface area (TPSA) is 68.2 Å². The molecular formula is C22H27Cl3O5. The molecule has 0 saturated carbocycles. The molecule has 0 aliphatic rings. The van der Waals surface area contributed by atoms with Crippen molar-refractivity contribution in [2.75, 3.05) is 32.8 Å². The van der Waals surface area contributed by atoms with Gasteiger partial charge in [0, 0.05) is 12.5 Å². The first-order chi connectivity index (χ1) is 14.2. The Morgan fingerprint density at radius 3 is 1.70 bits per heavy atom. The minimum absolute atomic E-state index is 0.0715. The van der Waals surface area contributed by atoms with Gasteiger partial charge >= 0.3 is 0 Å². The highest BCUT2D eigenvalue weighted by atomic mass is 35.5. The fourth-order valence-corrected chi connectivity index (χ4v) is 3.40. The summed E-state index contributed by atoms with van der Waals surface area (Å²) in [6.45, 7) is 4.47. The molecule has 0 amide bonds. The van der Waals surface area contributed by atoms with Crippen LogP contribution in [0, 0.1) is 0 Å². The fourth-order valence-electron chi connectivity index (χ4n) is 2.84. The van der Waals surface area contributed by atoms with Gasteiger partial charge in [0.2, 0.25) is 0 Å². The molecule has 0 spiro atoms. The third-order valence-electron chi connectivity index (χ3n) is 4.71. The van der Waals surface area contributed by atoms with Gasteiger partial charge in [0.05, 0.1) is 22.5 Å². The number of rotatable bonds is 11. The zero-order chi connectivity index (χ0) is 22.3. The van der Waals surface area contributed by atoms with Gasteiger partial charge in [0.15, 0.2) is 0 Å². The lowest BCUT2D eigenvalue weighted by Crippen LogP contribution is -2.23. The first kappa shape index (κ1) is 25.1. The lowest BCUT2D eigenvalue weighted by Gasteiger charge is -2.27. The van der Waals surface area contributed by atoms with E-state index in [4.69, 9.17) is 49.0 Å². The molecule has 30 heavy (non-hydrogen) atoms. The Kier molecular flexibility index (Phi) is 9.54. The zero-order valence-corrected chi connectivity index (χ0v) is 19.5. The van der Waals surface area contributed by atoms with E-state index in [2.05, 4.69) is 13.8 Å². The number of hydrogen-bond donors (Lipinski definition) is 2. The SMILES string of the molecule is COCC(O)COc1ccc(C(C)(C)c2ccc(OC[C@@H](O)CCl)c(Cl)c2)cc1Cl. The number of aliphatic hydroxyl groups excluding tert-OH is 2. The summed E-state index contributed by atoms with van der Waals surface area (Å²) < 4.78 is 16.0. The Labute approximate surface area is 192 Å². The van der Waals surface area contributed by atoms with Gasteiger partial charge in [-0.15, -0.1) is 11.6 Å². The Bertz CT molecular complexity index is 828. The van der Waals surface area contributed by atoms with Crippen molar-refractivity contribution in [2.24, 2.45) is 0 Å². The van der Waals surface area contributed by atoms with Crippen LogP contribution >= 0.6 is 34.8 Å². The van der Waals surface area contributed by atoms with Crippen molar-refractivity contribution in [3.63, 3.8) is 0 Å². The van der Waals surface area contributed by atoms with E-state index in [0.717, 1.165) is 11.1 Å². The van der Waals surface area contributed by atoms with Crippen LogP contribution in [0.4, 0.5) is 0 Å². The van der Waals surface area contributed by atoms with E-state index in [9.17, 15) is 10.2 Å². The van der Waals surface area contributed by atoms with Gasteiger partial charge in [-0.05, 0) is 35.4 Å². The highest BCUT2D eigenvalue weighted by Crippen LogP contribution is 2.38. The molecule has 0 radical (unpaired) electrons. The number of ether oxygens (including phenoxy) is 3. The summed E-state index contributed by atoms with van der Waals surface area (Å²) in [6, 6.07) is 11.1. The molecule has 2 aromatic rings. The fraction of sp³-hybridized carbons (Fsp3) is 0.455. The molecule has 166 valence electrons. The molecular weight excluding hydrogens is 451 g/mol. The molecule has 8 heteroatoms. The standard InChI is InChI=1S/C22H27Cl3O5/c1-22(2,14-4-6-20(18(24)8-14)29-12-16(26)10-23)15-5-7-21(19(25)9-15)30-13-17(27)11-28-3/h4-9,16-17,26-27H,10-13H2,1-3H3/t16-,17?/m0/s1. The van der Waals surface area contributed by atoms with Crippen LogP contribution in [0.1, 0.15) is 25.0 Å². The molecule has 0 bridgehead atoms. The van der Waals surface area contributed by atoms with Crippen molar-refractivity contribution in [3.05, 3.63) is 57.6 Å². The first-order valence-electron chi connectivity index (χ1n) is 9.45. The Balaban J connectivity index is 2.16. The van der Waals surface area contributed by atoms with Crippen LogP contribution in [0.5, 0.6) is 11.5 Å². The van der Waals surface area contributed by atoms with Gasteiger partial charge in [0.1, 0.15) is 36.9 Å². The predicted octanol–water partition coefficient (Wildman–Crippen LogP) is 4.68. The molecule has 2 N–H and O–H groups in total. The summed E-state index contributed by atoms with van der Waals surface area (Å²) in [5.74, 6) is 1.07. The van der Waals surface area contributed by atoms with Gasteiger partial charge < -0.3 is 24.4 Å².